The van der Waals surface area contributed by atoms with E-state index in [1.165, 1.54) is 0 Å². The summed E-state index contributed by atoms with van der Waals surface area (Å²) in [6.07, 6.45) is 0.515. The summed E-state index contributed by atoms with van der Waals surface area (Å²) in [4.78, 5) is 16.3. The lowest BCUT2D eigenvalue weighted by Gasteiger charge is -2.37. The lowest BCUT2D eigenvalue weighted by atomic mass is 9.79. The van der Waals surface area contributed by atoms with Crippen LogP contribution in [0.15, 0.2) is 72.8 Å². The first-order valence-electron chi connectivity index (χ1n) is 8.92. The molecule has 0 unspecified atom stereocenters. The van der Waals surface area contributed by atoms with E-state index < -0.39 is 5.60 Å². The lowest BCUT2D eigenvalue weighted by molar-refractivity contribution is -0.00791. The van der Waals surface area contributed by atoms with E-state index in [1.54, 1.807) is 0 Å². The zero-order valence-corrected chi connectivity index (χ0v) is 16.2. The molecule has 0 amide bonds. The fraction of sp³-hybridized carbons (Fsp3) is 0.0870. The van der Waals surface area contributed by atoms with Gasteiger partial charge in [-0.15, -0.1) is 0 Å². The van der Waals surface area contributed by atoms with Gasteiger partial charge in [-0.3, -0.25) is 0 Å². The third-order valence-corrected chi connectivity index (χ3v) is 5.84. The second kappa shape index (κ2) is 6.40. The van der Waals surface area contributed by atoms with Crippen molar-refractivity contribution in [1.29, 1.82) is 0 Å². The van der Waals surface area contributed by atoms with Crippen LogP contribution in [0.1, 0.15) is 27.2 Å². The molecule has 0 radical (unpaired) electrons. The molecule has 0 saturated heterocycles. The van der Waals surface area contributed by atoms with Crippen molar-refractivity contribution in [3.8, 4) is 0 Å². The zero-order valence-electron chi connectivity index (χ0n) is 14.7. The third kappa shape index (κ3) is 2.62. The first-order valence-corrected chi connectivity index (χ1v) is 9.67. The molecule has 0 bridgehead atoms. The number of halogens is 2. The van der Waals surface area contributed by atoms with Gasteiger partial charge in [-0.1, -0.05) is 65.7 Å². The van der Waals surface area contributed by atoms with Crippen LogP contribution in [-0.2, 0) is 16.8 Å². The second-order valence-corrected chi connectivity index (χ2v) is 7.80. The van der Waals surface area contributed by atoms with Crippen molar-refractivity contribution >= 4 is 40.1 Å². The van der Waals surface area contributed by atoms with E-state index in [2.05, 4.69) is 4.98 Å². The largest absolute Gasteiger partial charge is 0.444 e. The minimum absolute atomic E-state index is 0.373. The van der Waals surface area contributed by atoms with Crippen molar-refractivity contribution in [1.82, 2.24) is 4.98 Å². The molecule has 0 atom stereocenters. The highest BCUT2D eigenvalue weighted by atomic mass is 35.5. The summed E-state index contributed by atoms with van der Waals surface area (Å²) in [7, 11) is 0. The first-order chi connectivity index (χ1) is 13.6. The molecule has 5 heteroatoms. The highest BCUT2D eigenvalue weighted by Gasteiger charge is 2.45. The van der Waals surface area contributed by atoms with Crippen LogP contribution in [0.4, 0.5) is 0 Å². The van der Waals surface area contributed by atoms with Crippen LogP contribution in [0.5, 0.6) is 0 Å². The number of aromatic nitrogens is 1. The fourth-order valence-electron chi connectivity index (χ4n) is 3.98. The predicted molar refractivity (Wildman–Crippen MR) is 111 cm³/mol. The molecule has 1 aromatic heterocycles. The van der Waals surface area contributed by atoms with Crippen LogP contribution in [-0.4, -0.2) is 11.0 Å². The van der Waals surface area contributed by atoms with Crippen molar-refractivity contribution < 1.29 is 9.53 Å². The van der Waals surface area contributed by atoms with Gasteiger partial charge in [0.15, 0.2) is 5.60 Å². The summed E-state index contributed by atoms with van der Waals surface area (Å²) < 4.78 is 6.13. The Morgan fingerprint density at radius 1 is 0.821 bits per heavy atom. The van der Waals surface area contributed by atoms with Gasteiger partial charge in [0, 0.05) is 38.5 Å². The number of hydrogen-bond donors (Lipinski definition) is 1. The van der Waals surface area contributed by atoms with Crippen molar-refractivity contribution in [2.24, 2.45) is 0 Å². The Hall–Kier alpha value is -2.75. The maximum absolute atomic E-state index is 13.0. The number of H-pyrrole nitrogens is 1. The van der Waals surface area contributed by atoms with E-state index in [4.69, 9.17) is 27.9 Å². The molecular formula is C23H15Cl2NO2. The lowest BCUT2D eigenvalue weighted by Crippen LogP contribution is -2.40. The molecule has 5 rings (SSSR count). The molecule has 0 saturated carbocycles. The van der Waals surface area contributed by atoms with Gasteiger partial charge in [0.05, 0.1) is 0 Å². The number of ether oxygens (including phenoxy) is 1. The highest BCUT2D eigenvalue weighted by Crippen LogP contribution is 2.44. The molecule has 3 nitrogen and oxygen atoms in total. The molecule has 0 fully saturated rings. The van der Waals surface area contributed by atoms with Crippen molar-refractivity contribution in [3.63, 3.8) is 0 Å². The monoisotopic (exact) mass is 407 g/mol. The Balaban J connectivity index is 1.77. The number of carbonyl (C=O) groups is 1. The SMILES string of the molecule is O=C1OC(c2ccc(Cl)cc2)(c2ccc(Cl)cc2)Cc2c1[nH]c1ccccc21. The van der Waals surface area contributed by atoms with Crippen molar-refractivity contribution in [2.45, 2.75) is 12.0 Å². The number of rotatable bonds is 2. The maximum atomic E-state index is 13.0. The summed E-state index contributed by atoms with van der Waals surface area (Å²) in [6.45, 7) is 0. The Kier molecular flexibility index (Phi) is 3.97. The van der Waals surface area contributed by atoms with E-state index in [0.29, 0.717) is 22.2 Å². The third-order valence-electron chi connectivity index (χ3n) is 5.33. The second-order valence-electron chi connectivity index (χ2n) is 6.93. The molecule has 0 aliphatic carbocycles. The Labute approximate surface area is 171 Å². The summed E-state index contributed by atoms with van der Waals surface area (Å²) >= 11 is 12.2. The van der Waals surface area contributed by atoms with Gasteiger partial charge in [0.25, 0.3) is 0 Å². The standard InChI is InChI=1S/C23H15Cl2NO2/c24-16-9-5-14(6-10-16)23(15-7-11-17(25)12-8-15)13-19-18-3-1-2-4-20(18)26-21(19)22(27)28-23/h1-12,26H,13H2. The summed E-state index contributed by atoms with van der Waals surface area (Å²) in [5.41, 5.74) is 3.17. The number of para-hydroxylation sites is 1. The van der Waals surface area contributed by atoms with Gasteiger partial charge < -0.3 is 9.72 Å². The van der Waals surface area contributed by atoms with Gasteiger partial charge >= 0.3 is 5.97 Å². The summed E-state index contributed by atoms with van der Waals surface area (Å²) in [5, 5.41) is 2.29. The van der Waals surface area contributed by atoms with Crippen LogP contribution < -0.4 is 0 Å². The molecule has 0 spiro atoms. The number of benzene rings is 3. The van der Waals surface area contributed by atoms with Gasteiger partial charge in [-0.2, -0.15) is 0 Å². The minimum Gasteiger partial charge on any atom is -0.444 e. The van der Waals surface area contributed by atoms with Crippen LogP contribution in [0, 0.1) is 0 Å². The maximum Gasteiger partial charge on any atom is 0.356 e. The number of carbonyl (C=O) groups excluding carboxylic acids is 1. The van der Waals surface area contributed by atoms with Crippen molar-refractivity contribution in [2.75, 3.05) is 0 Å². The molecule has 138 valence electrons. The van der Waals surface area contributed by atoms with Crippen LogP contribution in [0.25, 0.3) is 10.9 Å². The van der Waals surface area contributed by atoms with E-state index >= 15 is 0 Å². The smallest absolute Gasteiger partial charge is 0.356 e. The molecule has 1 aliphatic rings. The summed E-state index contributed by atoms with van der Waals surface area (Å²) in [5.74, 6) is -0.373. The molecular weight excluding hydrogens is 393 g/mol. The van der Waals surface area contributed by atoms with Gasteiger partial charge in [-0.05, 0) is 35.9 Å². The van der Waals surface area contributed by atoms with E-state index in [0.717, 1.165) is 27.6 Å². The van der Waals surface area contributed by atoms with Crippen LogP contribution >= 0.6 is 23.2 Å². The first kappa shape index (κ1) is 17.4. The van der Waals surface area contributed by atoms with E-state index in [9.17, 15) is 4.79 Å². The normalized spacial score (nSPS) is 15.3. The molecule has 3 aromatic carbocycles. The molecule has 4 aromatic rings. The Morgan fingerprint density at radius 2 is 1.39 bits per heavy atom. The minimum atomic E-state index is -0.954. The van der Waals surface area contributed by atoms with E-state index in [-0.39, 0.29) is 5.97 Å². The molecule has 28 heavy (non-hydrogen) atoms. The van der Waals surface area contributed by atoms with Gasteiger partial charge in [-0.25, -0.2) is 4.79 Å². The number of aromatic amines is 1. The Bertz CT molecular complexity index is 1150. The molecule has 1 N–H and O–H groups in total. The average molecular weight is 408 g/mol. The van der Waals surface area contributed by atoms with Crippen molar-refractivity contribution in [3.05, 3.63) is 105 Å². The molecule has 1 aliphatic heterocycles. The molecule has 2 heterocycles. The topological polar surface area (TPSA) is 42.1 Å². The van der Waals surface area contributed by atoms with Gasteiger partial charge in [0.1, 0.15) is 5.69 Å². The van der Waals surface area contributed by atoms with Crippen LogP contribution in [0.3, 0.4) is 0 Å². The van der Waals surface area contributed by atoms with Gasteiger partial charge in [0.2, 0.25) is 0 Å². The number of fused-ring (bicyclic) bond motifs is 3. The number of cyclic esters (lactones) is 1. The zero-order chi connectivity index (χ0) is 19.3. The van der Waals surface area contributed by atoms with E-state index in [1.807, 2.05) is 72.8 Å². The quantitative estimate of drug-likeness (QED) is 0.406. The highest BCUT2D eigenvalue weighted by molar-refractivity contribution is 6.30. The summed E-state index contributed by atoms with van der Waals surface area (Å²) in [6, 6.07) is 22.8. The number of hydrogen-bond acceptors (Lipinski definition) is 2. The fourth-order valence-corrected chi connectivity index (χ4v) is 4.23. The average Bonchev–Trinajstić information content (AvgIpc) is 3.08. The number of nitrogens with one attached hydrogen (secondary N) is 1. The predicted octanol–water partition coefficient (Wildman–Crippen LogP) is 6.13. The Morgan fingerprint density at radius 3 is 2.00 bits per heavy atom. The van der Waals surface area contributed by atoms with Crippen LogP contribution in [0.2, 0.25) is 10.0 Å². The number of esters is 1.